The first kappa shape index (κ1) is 21.3. The maximum absolute atomic E-state index is 12.6. The second-order valence-electron chi connectivity index (χ2n) is 7.83. The van der Waals surface area contributed by atoms with Gasteiger partial charge in [-0.15, -0.1) is 16.4 Å². The van der Waals surface area contributed by atoms with Crippen molar-refractivity contribution in [2.45, 2.75) is 39.4 Å². The number of aromatic nitrogens is 5. The van der Waals surface area contributed by atoms with E-state index >= 15 is 0 Å². The third kappa shape index (κ3) is 5.81. The topological polar surface area (TPSA) is 92.5 Å². The Morgan fingerprint density at radius 1 is 1.10 bits per heavy atom. The maximum atomic E-state index is 12.6. The number of hydrogen-bond acceptors (Lipinski definition) is 9. The van der Waals surface area contributed by atoms with Gasteiger partial charge >= 0.3 is 0 Å². The van der Waals surface area contributed by atoms with Crippen molar-refractivity contribution < 1.29 is 9.53 Å². The highest BCUT2D eigenvalue weighted by molar-refractivity contribution is 7.09. The van der Waals surface area contributed by atoms with E-state index in [1.165, 1.54) is 0 Å². The molecule has 164 valence electrons. The lowest BCUT2D eigenvalue weighted by Gasteiger charge is -2.34. The van der Waals surface area contributed by atoms with E-state index in [-0.39, 0.29) is 5.91 Å². The Morgan fingerprint density at radius 2 is 1.87 bits per heavy atom. The van der Waals surface area contributed by atoms with Crippen molar-refractivity contribution in [3.05, 3.63) is 21.9 Å². The largest absolute Gasteiger partial charge is 0.379 e. The van der Waals surface area contributed by atoms with Gasteiger partial charge in [-0.3, -0.25) is 14.6 Å². The quantitative estimate of drug-likeness (QED) is 0.589. The third-order valence-corrected chi connectivity index (χ3v) is 6.43. The lowest BCUT2D eigenvalue weighted by atomic mass is 10.2. The zero-order chi connectivity index (χ0) is 20.8. The highest BCUT2D eigenvalue weighted by Crippen LogP contribution is 2.13. The summed E-state index contributed by atoms with van der Waals surface area (Å²) in [6, 6.07) is 0. The zero-order valence-corrected chi connectivity index (χ0v) is 18.4. The first-order valence-corrected chi connectivity index (χ1v) is 11.5. The average Bonchev–Trinajstić information content (AvgIpc) is 3.38. The van der Waals surface area contributed by atoms with E-state index in [1.807, 2.05) is 16.5 Å². The van der Waals surface area contributed by atoms with Crippen LogP contribution in [-0.4, -0.2) is 98.3 Å². The van der Waals surface area contributed by atoms with Crippen LogP contribution in [0.1, 0.15) is 29.4 Å². The summed E-state index contributed by atoms with van der Waals surface area (Å²) < 4.78 is 7.22. The van der Waals surface area contributed by atoms with Crippen LogP contribution in [0.4, 0.5) is 0 Å². The molecule has 4 heterocycles. The lowest BCUT2D eigenvalue weighted by molar-refractivity contribution is -0.133. The Hall–Kier alpha value is -1.95. The fraction of sp³-hybridized carbons (Fsp3) is 0.737. The number of aryl methyl sites for hydroxylation is 2. The predicted molar refractivity (Wildman–Crippen MR) is 112 cm³/mol. The molecule has 0 N–H and O–H groups in total. The van der Waals surface area contributed by atoms with E-state index in [2.05, 4.69) is 35.7 Å². The number of nitrogens with zero attached hydrogens (tertiary/aromatic N) is 8. The minimum Gasteiger partial charge on any atom is -0.379 e. The lowest BCUT2D eigenvalue weighted by Crippen LogP contribution is -2.48. The molecule has 2 aliphatic heterocycles. The van der Waals surface area contributed by atoms with Crippen LogP contribution in [0, 0.1) is 6.92 Å². The SMILES string of the molecule is Cc1nc(CN2CCN(C(=O)CCCn3nnnc3CN3CCOCC3)CC2)cs1. The van der Waals surface area contributed by atoms with Gasteiger partial charge in [-0.2, -0.15) is 0 Å². The van der Waals surface area contributed by atoms with Crippen LogP contribution in [0.3, 0.4) is 0 Å². The minimum atomic E-state index is 0.224. The molecular formula is C19H30N8O2S. The molecule has 0 aromatic carbocycles. The Kier molecular flexibility index (Phi) is 7.37. The van der Waals surface area contributed by atoms with Crippen molar-refractivity contribution in [3.8, 4) is 0 Å². The van der Waals surface area contributed by atoms with Gasteiger partial charge in [-0.05, 0) is 23.8 Å². The highest BCUT2D eigenvalue weighted by atomic mass is 32.1. The molecule has 1 amide bonds. The second kappa shape index (κ2) is 10.4. The molecule has 0 bridgehead atoms. The number of hydrogen-bond donors (Lipinski definition) is 0. The number of tetrazole rings is 1. The van der Waals surface area contributed by atoms with Crippen molar-refractivity contribution in [3.63, 3.8) is 0 Å². The minimum absolute atomic E-state index is 0.224. The van der Waals surface area contributed by atoms with E-state index < -0.39 is 0 Å². The molecular weight excluding hydrogens is 404 g/mol. The molecule has 2 aromatic rings. The fourth-order valence-electron chi connectivity index (χ4n) is 3.87. The summed E-state index contributed by atoms with van der Waals surface area (Å²) >= 11 is 1.69. The monoisotopic (exact) mass is 434 g/mol. The molecule has 4 rings (SSSR count). The molecule has 10 nitrogen and oxygen atoms in total. The summed E-state index contributed by atoms with van der Waals surface area (Å²) in [5.74, 6) is 1.08. The number of ether oxygens (including phenoxy) is 1. The van der Waals surface area contributed by atoms with Gasteiger partial charge in [-0.1, -0.05) is 0 Å². The summed E-state index contributed by atoms with van der Waals surface area (Å²) in [5, 5.41) is 15.3. The first-order valence-electron chi connectivity index (χ1n) is 10.6. The molecule has 0 spiro atoms. The molecule has 2 fully saturated rings. The summed E-state index contributed by atoms with van der Waals surface area (Å²) in [4.78, 5) is 23.8. The average molecular weight is 435 g/mol. The van der Waals surface area contributed by atoms with Crippen molar-refractivity contribution in [1.29, 1.82) is 0 Å². The van der Waals surface area contributed by atoms with E-state index in [0.29, 0.717) is 13.0 Å². The smallest absolute Gasteiger partial charge is 0.222 e. The van der Waals surface area contributed by atoms with Gasteiger partial charge < -0.3 is 9.64 Å². The molecule has 0 saturated carbocycles. The van der Waals surface area contributed by atoms with Crippen LogP contribution in [-0.2, 0) is 29.2 Å². The van der Waals surface area contributed by atoms with E-state index in [4.69, 9.17) is 4.74 Å². The molecule has 2 aliphatic rings. The maximum Gasteiger partial charge on any atom is 0.222 e. The van der Waals surface area contributed by atoms with Crippen molar-refractivity contribution in [2.24, 2.45) is 0 Å². The Morgan fingerprint density at radius 3 is 2.60 bits per heavy atom. The van der Waals surface area contributed by atoms with Gasteiger partial charge in [0, 0.05) is 64.2 Å². The normalized spacial score (nSPS) is 18.8. The second-order valence-corrected chi connectivity index (χ2v) is 8.89. The van der Waals surface area contributed by atoms with Crippen LogP contribution in [0.2, 0.25) is 0 Å². The van der Waals surface area contributed by atoms with Gasteiger partial charge in [-0.25, -0.2) is 9.67 Å². The zero-order valence-electron chi connectivity index (χ0n) is 17.6. The number of morpholine rings is 1. The third-order valence-electron chi connectivity index (χ3n) is 5.61. The molecule has 0 unspecified atom stereocenters. The number of piperazine rings is 1. The standard InChI is InChI=1S/C19H30N8O2S/c1-16-20-17(15-30-16)13-24-5-7-26(8-6-24)19(28)3-2-4-27-18(21-22-23-27)14-25-9-11-29-12-10-25/h15H,2-14H2,1H3. The molecule has 11 heteroatoms. The van der Waals surface area contributed by atoms with Crippen molar-refractivity contribution >= 4 is 17.2 Å². The molecule has 30 heavy (non-hydrogen) atoms. The Bertz CT molecular complexity index is 811. The van der Waals surface area contributed by atoms with E-state index in [0.717, 1.165) is 88.5 Å². The number of amides is 1. The number of thiazole rings is 1. The van der Waals surface area contributed by atoms with Crippen LogP contribution < -0.4 is 0 Å². The summed E-state index contributed by atoms with van der Waals surface area (Å²) in [5.41, 5.74) is 1.13. The summed E-state index contributed by atoms with van der Waals surface area (Å²) in [6.45, 7) is 11.0. The van der Waals surface area contributed by atoms with Crippen LogP contribution in [0.15, 0.2) is 5.38 Å². The van der Waals surface area contributed by atoms with Gasteiger partial charge in [0.2, 0.25) is 5.91 Å². The molecule has 2 saturated heterocycles. The molecule has 2 aromatic heterocycles. The predicted octanol–water partition coefficient (Wildman–Crippen LogP) is 0.395. The molecule has 0 radical (unpaired) electrons. The summed E-state index contributed by atoms with van der Waals surface area (Å²) in [6.07, 6.45) is 1.28. The molecule has 0 aliphatic carbocycles. The fourth-order valence-corrected chi connectivity index (χ4v) is 4.48. The summed E-state index contributed by atoms with van der Waals surface area (Å²) in [7, 11) is 0. The van der Waals surface area contributed by atoms with Crippen molar-refractivity contribution in [1.82, 2.24) is 39.9 Å². The highest BCUT2D eigenvalue weighted by Gasteiger charge is 2.21. The number of carbonyl (C=O) groups excluding carboxylic acids is 1. The Balaban J connectivity index is 1.16. The number of carbonyl (C=O) groups is 1. The molecule has 0 atom stereocenters. The van der Waals surface area contributed by atoms with Crippen LogP contribution in [0.5, 0.6) is 0 Å². The van der Waals surface area contributed by atoms with Gasteiger partial charge in [0.05, 0.1) is 30.5 Å². The van der Waals surface area contributed by atoms with Gasteiger partial charge in [0.15, 0.2) is 5.82 Å². The van der Waals surface area contributed by atoms with Crippen LogP contribution >= 0.6 is 11.3 Å². The van der Waals surface area contributed by atoms with Gasteiger partial charge in [0.1, 0.15) is 0 Å². The number of rotatable bonds is 8. The van der Waals surface area contributed by atoms with Crippen molar-refractivity contribution in [2.75, 3.05) is 52.5 Å². The van der Waals surface area contributed by atoms with Crippen LogP contribution in [0.25, 0.3) is 0 Å². The van der Waals surface area contributed by atoms with Gasteiger partial charge in [0.25, 0.3) is 0 Å². The Labute approximate surface area is 180 Å². The first-order chi connectivity index (χ1) is 14.7. The van der Waals surface area contributed by atoms with E-state index in [1.54, 1.807) is 11.3 Å². The van der Waals surface area contributed by atoms with E-state index in [9.17, 15) is 4.79 Å².